The molecule has 3 rings (SSSR count). The van der Waals surface area contributed by atoms with Crippen LogP contribution in [0.2, 0.25) is 0 Å². The summed E-state index contributed by atoms with van der Waals surface area (Å²) < 4.78 is 6.33. The highest BCUT2D eigenvalue weighted by Crippen LogP contribution is 2.25. The number of nitrogens with two attached hydrogens (primary N) is 1. The van der Waals surface area contributed by atoms with Crippen molar-refractivity contribution in [2.45, 2.75) is 44.4 Å². The van der Waals surface area contributed by atoms with Crippen molar-refractivity contribution >= 4 is 11.8 Å². The van der Waals surface area contributed by atoms with E-state index in [0.717, 1.165) is 35.8 Å². The van der Waals surface area contributed by atoms with Crippen LogP contribution in [0.1, 0.15) is 31.2 Å². The second-order valence-electron chi connectivity index (χ2n) is 6.20. The Kier molecular flexibility index (Phi) is 5.05. The third-order valence-corrected chi connectivity index (χ3v) is 4.37. The number of anilines is 1. The van der Waals surface area contributed by atoms with Gasteiger partial charge in [0.25, 0.3) is 0 Å². The first-order valence-electron chi connectivity index (χ1n) is 8.28. The second-order valence-corrected chi connectivity index (χ2v) is 6.20. The highest BCUT2D eigenvalue weighted by atomic mass is 16.6. The minimum Gasteiger partial charge on any atom is -0.494 e. The van der Waals surface area contributed by atoms with Gasteiger partial charge in [-0.25, -0.2) is 9.36 Å². The molecule has 0 aliphatic heterocycles. The normalized spacial score (nSPS) is 20.5. The third-order valence-electron chi connectivity index (χ3n) is 4.37. The number of ether oxygens (including phenoxy) is 1. The summed E-state index contributed by atoms with van der Waals surface area (Å²) in [5.41, 5.74) is 7.69. The Labute approximate surface area is 141 Å². The molecule has 24 heavy (non-hydrogen) atoms. The quantitative estimate of drug-likeness (QED) is 0.802. The molecule has 4 N–H and O–H groups in total. The number of nitrogens with one attached hydrogen (secondary N) is 1. The maximum absolute atomic E-state index is 12.1. The fourth-order valence-corrected chi connectivity index (χ4v) is 3.02. The highest BCUT2D eigenvalue weighted by Gasteiger charge is 2.23. The molecule has 6 heteroatoms. The Morgan fingerprint density at radius 1 is 1.29 bits per heavy atom. The van der Waals surface area contributed by atoms with E-state index in [1.165, 1.54) is 6.07 Å². The van der Waals surface area contributed by atoms with Gasteiger partial charge in [-0.2, -0.15) is 0 Å². The number of hydrogen-bond donors (Lipinski definition) is 3. The second kappa shape index (κ2) is 7.40. The van der Waals surface area contributed by atoms with Gasteiger partial charge in [0.15, 0.2) is 0 Å². The zero-order valence-electron chi connectivity index (χ0n) is 13.5. The Hall–Kier alpha value is -2.47. The molecule has 0 unspecified atom stereocenters. The molecule has 6 nitrogen and oxygen atoms in total. The summed E-state index contributed by atoms with van der Waals surface area (Å²) in [7, 11) is 0. The summed E-state index contributed by atoms with van der Waals surface area (Å²) in [4.78, 5) is 12.1. The van der Waals surface area contributed by atoms with Crippen LogP contribution in [0.15, 0.2) is 42.6 Å². The van der Waals surface area contributed by atoms with Gasteiger partial charge in [-0.05, 0) is 18.4 Å². The van der Waals surface area contributed by atoms with E-state index in [1.54, 1.807) is 6.20 Å². The predicted molar refractivity (Wildman–Crippen MR) is 92.0 cm³/mol. The summed E-state index contributed by atoms with van der Waals surface area (Å²) in [6.45, 7) is 0.160. The smallest absolute Gasteiger partial charge is 0.421 e. The number of nitrogens with zero attached hydrogens (tertiary/aromatic N) is 1. The maximum Gasteiger partial charge on any atom is 0.421 e. The van der Waals surface area contributed by atoms with Gasteiger partial charge < -0.3 is 20.9 Å². The van der Waals surface area contributed by atoms with E-state index < -0.39 is 6.09 Å². The van der Waals surface area contributed by atoms with Gasteiger partial charge in [-0.15, -0.1) is 0 Å². The van der Waals surface area contributed by atoms with Gasteiger partial charge >= 0.3 is 6.09 Å². The summed E-state index contributed by atoms with van der Waals surface area (Å²) in [5, 5.41) is 13.3. The van der Waals surface area contributed by atoms with Gasteiger partial charge in [0.2, 0.25) is 5.88 Å². The lowest BCUT2D eigenvalue weighted by Gasteiger charge is -2.29. The van der Waals surface area contributed by atoms with Crippen LogP contribution in [0, 0.1) is 0 Å². The molecule has 1 aliphatic rings. The SMILES string of the molecule is N[C@@H]1CCCC[C@H]1Nc1cc(O)n(C(=O)OCc2ccccc2)c1. The van der Waals surface area contributed by atoms with Crippen LogP contribution in [-0.4, -0.2) is 27.9 Å². The number of benzene rings is 1. The summed E-state index contributed by atoms with van der Waals surface area (Å²) in [5.74, 6) is -0.153. The lowest BCUT2D eigenvalue weighted by atomic mass is 9.91. The van der Waals surface area contributed by atoms with Gasteiger partial charge in [-0.3, -0.25) is 0 Å². The van der Waals surface area contributed by atoms with E-state index in [4.69, 9.17) is 10.5 Å². The first-order chi connectivity index (χ1) is 11.6. The van der Waals surface area contributed by atoms with E-state index in [0.29, 0.717) is 5.69 Å². The van der Waals surface area contributed by atoms with Crippen molar-refractivity contribution in [3.63, 3.8) is 0 Å². The van der Waals surface area contributed by atoms with Crippen molar-refractivity contribution in [3.8, 4) is 5.88 Å². The molecule has 2 aromatic rings. The molecule has 0 saturated heterocycles. The van der Waals surface area contributed by atoms with E-state index >= 15 is 0 Å². The monoisotopic (exact) mass is 329 g/mol. The fourth-order valence-electron chi connectivity index (χ4n) is 3.02. The molecule has 2 atom stereocenters. The maximum atomic E-state index is 12.1. The first-order valence-corrected chi connectivity index (χ1v) is 8.28. The minimum absolute atomic E-state index is 0.0919. The largest absolute Gasteiger partial charge is 0.494 e. The molecule has 0 amide bonds. The molecule has 1 fully saturated rings. The molecule has 0 radical (unpaired) electrons. The van der Waals surface area contributed by atoms with E-state index in [9.17, 15) is 9.90 Å². The lowest BCUT2D eigenvalue weighted by molar-refractivity contribution is 0.139. The van der Waals surface area contributed by atoms with Crippen LogP contribution in [0.3, 0.4) is 0 Å². The number of aromatic hydroxyl groups is 1. The summed E-state index contributed by atoms with van der Waals surface area (Å²) in [6, 6.07) is 11.2. The van der Waals surface area contributed by atoms with Crippen LogP contribution < -0.4 is 11.1 Å². The molecule has 1 aliphatic carbocycles. The van der Waals surface area contributed by atoms with Crippen LogP contribution in [0.25, 0.3) is 0 Å². The molecule has 1 aromatic carbocycles. The Morgan fingerprint density at radius 2 is 2.04 bits per heavy atom. The van der Waals surface area contributed by atoms with Gasteiger partial charge in [0.1, 0.15) is 6.61 Å². The van der Waals surface area contributed by atoms with Crippen molar-refractivity contribution in [3.05, 3.63) is 48.2 Å². The molecule has 1 heterocycles. The third kappa shape index (κ3) is 3.89. The molecular formula is C18H23N3O3. The van der Waals surface area contributed by atoms with Crippen molar-refractivity contribution < 1.29 is 14.6 Å². The summed E-state index contributed by atoms with van der Waals surface area (Å²) >= 11 is 0. The number of carbonyl (C=O) groups is 1. The highest BCUT2D eigenvalue weighted by molar-refractivity contribution is 5.74. The molecule has 1 aromatic heterocycles. The standard InChI is InChI=1S/C18H23N3O3/c19-15-8-4-5-9-16(15)20-14-10-17(22)21(11-14)18(23)24-12-13-6-2-1-3-7-13/h1-3,6-7,10-11,15-16,20,22H,4-5,8-9,12,19H2/t15-,16-/m1/s1. The Balaban J connectivity index is 1.61. The van der Waals surface area contributed by atoms with Crippen molar-refractivity contribution in [2.24, 2.45) is 5.73 Å². The molecular weight excluding hydrogens is 306 g/mol. The Bertz CT molecular complexity index is 684. The number of hydrogen-bond acceptors (Lipinski definition) is 5. The van der Waals surface area contributed by atoms with Crippen LogP contribution in [0.5, 0.6) is 5.88 Å². The van der Waals surface area contributed by atoms with E-state index in [1.807, 2.05) is 30.3 Å². The summed E-state index contributed by atoms with van der Waals surface area (Å²) in [6.07, 6.45) is 5.20. The van der Waals surface area contributed by atoms with Crippen LogP contribution in [-0.2, 0) is 11.3 Å². The Morgan fingerprint density at radius 3 is 2.79 bits per heavy atom. The number of rotatable bonds is 4. The number of aromatic nitrogens is 1. The average Bonchev–Trinajstić information content (AvgIpc) is 2.96. The van der Waals surface area contributed by atoms with Crippen LogP contribution >= 0.6 is 0 Å². The number of carbonyl (C=O) groups excluding carboxylic acids is 1. The average molecular weight is 329 g/mol. The van der Waals surface area contributed by atoms with Crippen molar-refractivity contribution in [2.75, 3.05) is 5.32 Å². The fraction of sp³-hybridized carbons (Fsp3) is 0.389. The topological polar surface area (TPSA) is 89.5 Å². The zero-order chi connectivity index (χ0) is 16.9. The minimum atomic E-state index is -0.614. The lowest BCUT2D eigenvalue weighted by Crippen LogP contribution is -2.42. The predicted octanol–water partition coefficient (Wildman–Crippen LogP) is 3.06. The van der Waals surface area contributed by atoms with Gasteiger partial charge in [0, 0.05) is 24.3 Å². The molecule has 0 bridgehead atoms. The van der Waals surface area contributed by atoms with Gasteiger partial charge in [-0.1, -0.05) is 43.2 Å². The first kappa shape index (κ1) is 16.4. The molecule has 0 spiro atoms. The zero-order valence-corrected chi connectivity index (χ0v) is 13.5. The van der Waals surface area contributed by atoms with Crippen molar-refractivity contribution in [1.82, 2.24) is 4.57 Å². The van der Waals surface area contributed by atoms with Crippen molar-refractivity contribution in [1.29, 1.82) is 0 Å². The van der Waals surface area contributed by atoms with Crippen LogP contribution in [0.4, 0.5) is 10.5 Å². The molecule has 1 saturated carbocycles. The molecule has 128 valence electrons. The van der Waals surface area contributed by atoms with E-state index in [-0.39, 0.29) is 24.6 Å². The van der Waals surface area contributed by atoms with E-state index in [2.05, 4.69) is 5.32 Å². The van der Waals surface area contributed by atoms with Gasteiger partial charge in [0.05, 0.1) is 5.69 Å².